The van der Waals surface area contributed by atoms with Gasteiger partial charge in [0, 0.05) is 16.6 Å². The third-order valence-electron chi connectivity index (χ3n) is 2.58. The van der Waals surface area contributed by atoms with Crippen molar-refractivity contribution in [1.29, 1.82) is 0 Å². The van der Waals surface area contributed by atoms with Crippen LogP contribution < -0.4 is 5.32 Å². The second-order valence-corrected chi connectivity index (χ2v) is 5.85. The monoisotopic (exact) mass is 307 g/mol. The number of hydrogen-bond acceptors (Lipinski definition) is 2. The third kappa shape index (κ3) is 2.88. The van der Waals surface area contributed by atoms with Gasteiger partial charge in [-0.15, -0.1) is 0 Å². The highest BCUT2D eigenvalue weighted by Crippen LogP contribution is 2.29. The van der Waals surface area contributed by atoms with Crippen molar-refractivity contribution >= 4 is 33.4 Å². The van der Waals surface area contributed by atoms with Crippen molar-refractivity contribution in [2.75, 3.05) is 16.8 Å². The van der Waals surface area contributed by atoms with Crippen LogP contribution in [0.1, 0.15) is 12.8 Å². The minimum Gasteiger partial charge on any atom is -0.379 e. The van der Waals surface area contributed by atoms with Gasteiger partial charge in [-0.3, -0.25) is 0 Å². The Kier molecular flexibility index (Phi) is 4.08. The average molecular weight is 308 g/mol. The van der Waals surface area contributed by atoms with Gasteiger partial charge < -0.3 is 5.32 Å². The fraction of sp³-hybridized carbons (Fsp3) is 0.455. The summed E-state index contributed by atoms with van der Waals surface area (Å²) in [5, 5.41) is 3.14. The molecule has 1 aromatic rings. The van der Waals surface area contributed by atoms with Gasteiger partial charge >= 0.3 is 0 Å². The highest BCUT2D eigenvalue weighted by molar-refractivity contribution is 9.10. The summed E-state index contributed by atoms with van der Waals surface area (Å²) in [6.07, 6.45) is 2.04. The summed E-state index contributed by atoms with van der Waals surface area (Å²) < 4.78 is 26.9. The van der Waals surface area contributed by atoms with Crippen LogP contribution >= 0.6 is 27.7 Å². The topological polar surface area (TPSA) is 12.0 Å². The minimum atomic E-state index is -0.561. The SMILES string of the molecule is Fc1cc(F)c(NC2CCSCC2)c(Br)c1. The van der Waals surface area contributed by atoms with E-state index >= 15 is 0 Å². The van der Waals surface area contributed by atoms with Gasteiger partial charge in [0.2, 0.25) is 0 Å². The number of anilines is 1. The standard InChI is InChI=1S/C11H12BrF2NS/c12-9-5-7(13)6-10(14)11(9)15-8-1-3-16-4-2-8/h5-6,8,15H,1-4H2. The molecule has 16 heavy (non-hydrogen) atoms. The first kappa shape index (κ1) is 12.2. The predicted molar refractivity (Wildman–Crippen MR) is 68.0 cm³/mol. The Balaban J connectivity index is 2.14. The number of nitrogens with one attached hydrogen (secondary N) is 1. The Morgan fingerprint density at radius 2 is 1.94 bits per heavy atom. The summed E-state index contributed by atoms with van der Waals surface area (Å²) in [4.78, 5) is 0. The van der Waals surface area contributed by atoms with E-state index in [0.717, 1.165) is 30.4 Å². The van der Waals surface area contributed by atoms with E-state index in [0.29, 0.717) is 10.2 Å². The molecule has 0 atom stereocenters. The summed E-state index contributed by atoms with van der Waals surface area (Å²) in [6, 6.07) is 2.48. The summed E-state index contributed by atoms with van der Waals surface area (Å²) in [5.41, 5.74) is 0.373. The lowest BCUT2D eigenvalue weighted by atomic mass is 10.1. The second-order valence-electron chi connectivity index (χ2n) is 3.78. The highest BCUT2D eigenvalue weighted by atomic mass is 79.9. The molecule has 1 saturated heterocycles. The second kappa shape index (κ2) is 5.36. The molecule has 0 aliphatic carbocycles. The van der Waals surface area contributed by atoms with E-state index < -0.39 is 11.6 Å². The van der Waals surface area contributed by atoms with Gasteiger partial charge in [-0.25, -0.2) is 8.78 Å². The van der Waals surface area contributed by atoms with Crippen molar-refractivity contribution in [2.24, 2.45) is 0 Å². The maximum atomic E-state index is 13.5. The van der Waals surface area contributed by atoms with Gasteiger partial charge in [-0.1, -0.05) is 0 Å². The smallest absolute Gasteiger partial charge is 0.150 e. The minimum absolute atomic E-state index is 0.289. The fourth-order valence-electron chi connectivity index (χ4n) is 1.73. The maximum absolute atomic E-state index is 13.5. The molecule has 0 unspecified atom stereocenters. The number of halogens is 3. The zero-order valence-corrected chi connectivity index (χ0v) is 11.0. The molecule has 0 saturated carbocycles. The molecular weight excluding hydrogens is 296 g/mol. The molecule has 0 amide bonds. The van der Waals surface area contributed by atoms with Crippen LogP contribution in [0.2, 0.25) is 0 Å². The van der Waals surface area contributed by atoms with Crippen molar-refractivity contribution in [1.82, 2.24) is 0 Å². The fourth-order valence-corrected chi connectivity index (χ4v) is 3.36. The first-order chi connectivity index (χ1) is 7.66. The molecule has 1 aromatic carbocycles. The molecule has 0 aromatic heterocycles. The maximum Gasteiger partial charge on any atom is 0.150 e. The van der Waals surface area contributed by atoms with Gasteiger partial charge in [-0.05, 0) is 46.3 Å². The largest absolute Gasteiger partial charge is 0.379 e. The molecule has 1 aliphatic rings. The van der Waals surface area contributed by atoms with E-state index in [1.807, 2.05) is 11.8 Å². The first-order valence-electron chi connectivity index (χ1n) is 5.15. The van der Waals surface area contributed by atoms with Crippen LogP contribution in [-0.2, 0) is 0 Å². The molecule has 88 valence electrons. The average Bonchev–Trinajstić information content (AvgIpc) is 2.25. The van der Waals surface area contributed by atoms with E-state index in [9.17, 15) is 8.78 Å². The number of rotatable bonds is 2. The van der Waals surface area contributed by atoms with Crippen LogP contribution in [0.25, 0.3) is 0 Å². The number of hydrogen-bond donors (Lipinski definition) is 1. The predicted octanol–water partition coefficient (Wildman–Crippen LogP) is 4.03. The number of benzene rings is 1. The quantitative estimate of drug-likeness (QED) is 0.885. The van der Waals surface area contributed by atoms with Gasteiger partial charge in [-0.2, -0.15) is 11.8 Å². The Bertz CT molecular complexity index is 357. The normalized spacial score (nSPS) is 17.4. The zero-order chi connectivity index (χ0) is 11.5. The summed E-state index contributed by atoms with van der Waals surface area (Å²) in [5.74, 6) is 1.09. The van der Waals surface area contributed by atoms with Gasteiger partial charge in [0.1, 0.15) is 11.6 Å². The lowest BCUT2D eigenvalue weighted by Gasteiger charge is -2.24. The zero-order valence-electron chi connectivity index (χ0n) is 8.60. The molecule has 1 nitrogen and oxygen atoms in total. The van der Waals surface area contributed by atoms with Crippen molar-refractivity contribution in [3.05, 3.63) is 28.2 Å². The molecular formula is C11H12BrF2NS. The van der Waals surface area contributed by atoms with Crippen LogP contribution in [0, 0.1) is 11.6 Å². The molecule has 2 rings (SSSR count). The molecule has 0 spiro atoms. The Hall–Kier alpha value is -0.290. The molecule has 1 heterocycles. The summed E-state index contributed by atoms with van der Waals surface area (Å²) in [7, 11) is 0. The molecule has 0 bridgehead atoms. The summed E-state index contributed by atoms with van der Waals surface area (Å²) in [6.45, 7) is 0. The van der Waals surface area contributed by atoms with Gasteiger partial charge in [0.15, 0.2) is 0 Å². The molecule has 1 N–H and O–H groups in total. The summed E-state index contributed by atoms with van der Waals surface area (Å²) >= 11 is 5.09. The van der Waals surface area contributed by atoms with E-state index in [2.05, 4.69) is 21.2 Å². The van der Waals surface area contributed by atoms with Gasteiger partial charge in [0.05, 0.1) is 5.69 Å². The van der Waals surface area contributed by atoms with Crippen molar-refractivity contribution < 1.29 is 8.78 Å². The molecule has 1 aliphatic heterocycles. The first-order valence-corrected chi connectivity index (χ1v) is 7.10. The van der Waals surface area contributed by atoms with E-state index in [4.69, 9.17) is 0 Å². The van der Waals surface area contributed by atoms with Crippen LogP contribution in [0.3, 0.4) is 0 Å². The Labute approximate surface area is 106 Å². The van der Waals surface area contributed by atoms with Crippen LogP contribution in [-0.4, -0.2) is 17.5 Å². The van der Waals surface area contributed by atoms with Crippen LogP contribution in [0.15, 0.2) is 16.6 Å². The van der Waals surface area contributed by atoms with Crippen molar-refractivity contribution in [3.63, 3.8) is 0 Å². The van der Waals surface area contributed by atoms with Crippen LogP contribution in [0.5, 0.6) is 0 Å². The van der Waals surface area contributed by atoms with Crippen LogP contribution in [0.4, 0.5) is 14.5 Å². The van der Waals surface area contributed by atoms with Crippen molar-refractivity contribution in [2.45, 2.75) is 18.9 Å². The Morgan fingerprint density at radius 1 is 1.25 bits per heavy atom. The lowest BCUT2D eigenvalue weighted by Crippen LogP contribution is -2.25. The van der Waals surface area contributed by atoms with Crippen molar-refractivity contribution in [3.8, 4) is 0 Å². The van der Waals surface area contributed by atoms with E-state index in [1.54, 1.807) is 0 Å². The number of thioether (sulfide) groups is 1. The van der Waals surface area contributed by atoms with Gasteiger partial charge in [0.25, 0.3) is 0 Å². The highest BCUT2D eigenvalue weighted by Gasteiger charge is 2.17. The lowest BCUT2D eigenvalue weighted by molar-refractivity contribution is 0.578. The van der Waals surface area contributed by atoms with E-state index in [1.165, 1.54) is 6.07 Å². The van der Waals surface area contributed by atoms with E-state index in [-0.39, 0.29) is 6.04 Å². The molecule has 5 heteroatoms. The molecule has 1 fully saturated rings. The Morgan fingerprint density at radius 3 is 2.56 bits per heavy atom. The molecule has 0 radical (unpaired) electrons. The third-order valence-corrected chi connectivity index (χ3v) is 4.25.